The van der Waals surface area contributed by atoms with Crippen molar-refractivity contribution in [2.24, 2.45) is 0 Å². The molecular formula is C16H16Cl2N2O2. The molecular weight excluding hydrogens is 323 g/mol. The van der Waals surface area contributed by atoms with Gasteiger partial charge in [0.15, 0.2) is 0 Å². The van der Waals surface area contributed by atoms with E-state index in [1.807, 2.05) is 19.1 Å². The zero-order valence-electron chi connectivity index (χ0n) is 12.3. The summed E-state index contributed by atoms with van der Waals surface area (Å²) in [5.41, 5.74) is 3.22. The van der Waals surface area contributed by atoms with Crippen molar-refractivity contribution in [3.63, 3.8) is 0 Å². The average Bonchev–Trinajstić information content (AvgIpc) is 2.52. The summed E-state index contributed by atoms with van der Waals surface area (Å²) < 4.78 is 4.65. The molecule has 0 spiro atoms. The van der Waals surface area contributed by atoms with Crippen LogP contribution in [0.15, 0.2) is 30.5 Å². The van der Waals surface area contributed by atoms with Gasteiger partial charge in [0, 0.05) is 19.3 Å². The summed E-state index contributed by atoms with van der Waals surface area (Å²) in [5, 5.41) is 4.40. The second kappa shape index (κ2) is 7.58. The number of nitrogens with one attached hydrogen (secondary N) is 1. The average molecular weight is 339 g/mol. The van der Waals surface area contributed by atoms with E-state index in [0.29, 0.717) is 28.8 Å². The molecule has 1 aromatic heterocycles. The van der Waals surface area contributed by atoms with Gasteiger partial charge in [0.25, 0.3) is 0 Å². The van der Waals surface area contributed by atoms with E-state index in [4.69, 9.17) is 23.2 Å². The van der Waals surface area contributed by atoms with Gasteiger partial charge in [0.2, 0.25) is 0 Å². The first kappa shape index (κ1) is 16.7. The van der Waals surface area contributed by atoms with E-state index >= 15 is 0 Å². The van der Waals surface area contributed by atoms with Gasteiger partial charge in [0.1, 0.15) is 5.69 Å². The lowest BCUT2D eigenvalue weighted by atomic mass is 10.1. The van der Waals surface area contributed by atoms with Gasteiger partial charge in [0.05, 0.1) is 17.2 Å². The molecule has 2 rings (SSSR count). The summed E-state index contributed by atoms with van der Waals surface area (Å²) >= 11 is 12.1. The number of carbonyl (C=O) groups is 1. The molecule has 0 saturated heterocycles. The van der Waals surface area contributed by atoms with Crippen LogP contribution in [-0.2, 0) is 17.8 Å². The Morgan fingerprint density at radius 3 is 2.68 bits per heavy atom. The van der Waals surface area contributed by atoms with Crippen LogP contribution in [0.4, 0.5) is 0 Å². The number of carbonyl (C=O) groups excluding carboxylic acids is 1. The molecule has 0 saturated carbocycles. The minimum atomic E-state index is -0.437. The minimum Gasteiger partial charge on any atom is -0.464 e. The highest BCUT2D eigenvalue weighted by Crippen LogP contribution is 2.25. The predicted molar refractivity (Wildman–Crippen MR) is 87.3 cm³/mol. The zero-order chi connectivity index (χ0) is 16.1. The van der Waals surface area contributed by atoms with Crippen LogP contribution in [-0.4, -0.2) is 18.1 Å². The summed E-state index contributed by atoms with van der Waals surface area (Å²) in [6, 6.07) is 7.26. The number of pyridine rings is 1. The van der Waals surface area contributed by atoms with Crippen molar-refractivity contribution in [3.8, 4) is 0 Å². The maximum atomic E-state index is 11.4. The van der Waals surface area contributed by atoms with E-state index in [1.165, 1.54) is 7.11 Å². The Labute approximate surface area is 139 Å². The number of aromatic nitrogens is 1. The molecule has 0 aliphatic rings. The van der Waals surface area contributed by atoms with Crippen molar-refractivity contribution in [2.45, 2.75) is 20.0 Å². The van der Waals surface area contributed by atoms with Gasteiger partial charge in [-0.25, -0.2) is 9.78 Å². The monoisotopic (exact) mass is 338 g/mol. The maximum absolute atomic E-state index is 11.4. The fourth-order valence-electron chi connectivity index (χ4n) is 2.00. The Kier molecular flexibility index (Phi) is 5.77. The van der Waals surface area contributed by atoms with Crippen molar-refractivity contribution in [3.05, 3.63) is 62.9 Å². The second-order valence-corrected chi connectivity index (χ2v) is 5.59. The molecule has 1 heterocycles. The van der Waals surface area contributed by atoms with Crippen LogP contribution in [0.5, 0.6) is 0 Å². The third-order valence-electron chi connectivity index (χ3n) is 3.28. The number of ether oxygens (including phenoxy) is 1. The highest BCUT2D eigenvalue weighted by molar-refractivity contribution is 6.42. The smallest absolute Gasteiger partial charge is 0.356 e. The molecule has 0 bridgehead atoms. The van der Waals surface area contributed by atoms with Gasteiger partial charge < -0.3 is 10.1 Å². The molecule has 0 aliphatic heterocycles. The molecule has 0 radical (unpaired) electrons. The van der Waals surface area contributed by atoms with Crippen LogP contribution in [0.2, 0.25) is 10.0 Å². The number of hydrogen-bond acceptors (Lipinski definition) is 4. The number of rotatable bonds is 5. The summed E-state index contributed by atoms with van der Waals surface area (Å²) in [4.78, 5) is 15.5. The Bertz CT molecular complexity index is 690. The largest absolute Gasteiger partial charge is 0.464 e. The maximum Gasteiger partial charge on any atom is 0.356 e. The van der Waals surface area contributed by atoms with Crippen LogP contribution < -0.4 is 5.32 Å². The third kappa shape index (κ3) is 3.97. The van der Waals surface area contributed by atoms with Crippen molar-refractivity contribution < 1.29 is 9.53 Å². The van der Waals surface area contributed by atoms with Crippen LogP contribution in [0.25, 0.3) is 0 Å². The standard InChI is InChI=1S/C16H16Cl2N2O2/c1-10-6-14(16(21)22-2)20-9-12(10)8-19-7-11-4-3-5-13(17)15(11)18/h3-6,9,19H,7-8H2,1-2H3. The highest BCUT2D eigenvalue weighted by atomic mass is 35.5. The van der Waals surface area contributed by atoms with Crippen LogP contribution in [0.1, 0.15) is 27.2 Å². The molecule has 0 amide bonds. The lowest BCUT2D eigenvalue weighted by molar-refractivity contribution is 0.0594. The molecule has 1 aromatic carbocycles. The van der Waals surface area contributed by atoms with Gasteiger partial charge in [-0.3, -0.25) is 0 Å². The number of esters is 1. The topological polar surface area (TPSA) is 51.2 Å². The molecule has 2 aromatic rings. The summed E-state index contributed by atoms with van der Waals surface area (Å²) in [5.74, 6) is -0.437. The molecule has 6 heteroatoms. The number of methoxy groups -OCH3 is 1. The van der Waals surface area contributed by atoms with Gasteiger partial charge in [-0.15, -0.1) is 0 Å². The molecule has 1 N–H and O–H groups in total. The summed E-state index contributed by atoms with van der Waals surface area (Å²) in [7, 11) is 1.34. The fraction of sp³-hybridized carbons (Fsp3) is 0.250. The Balaban J connectivity index is 2.00. The van der Waals surface area contributed by atoms with Gasteiger partial charge in [-0.2, -0.15) is 0 Å². The van der Waals surface area contributed by atoms with Gasteiger partial charge >= 0.3 is 5.97 Å². The quantitative estimate of drug-likeness (QED) is 0.843. The molecule has 4 nitrogen and oxygen atoms in total. The van der Waals surface area contributed by atoms with Crippen molar-refractivity contribution >= 4 is 29.2 Å². The molecule has 0 atom stereocenters. The van der Waals surface area contributed by atoms with E-state index in [1.54, 1.807) is 18.3 Å². The van der Waals surface area contributed by atoms with E-state index in [2.05, 4.69) is 15.0 Å². The Morgan fingerprint density at radius 2 is 2.00 bits per heavy atom. The van der Waals surface area contributed by atoms with E-state index < -0.39 is 5.97 Å². The number of nitrogens with zero attached hydrogens (tertiary/aromatic N) is 1. The summed E-state index contributed by atoms with van der Waals surface area (Å²) in [6.45, 7) is 3.14. The molecule has 0 fully saturated rings. The third-order valence-corrected chi connectivity index (χ3v) is 4.13. The second-order valence-electron chi connectivity index (χ2n) is 4.80. The van der Waals surface area contributed by atoms with E-state index in [0.717, 1.165) is 16.7 Å². The first-order valence-electron chi connectivity index (χ1n) is 6.70. The highest BCUT2D eigenvalue weighted by Gasteiger charge is 2.09. The number of hydrogen-bond donors (Lipinski definition) is 1. The number of benzene rings is 1. The van der Waals surface area contributed by atoms with E-state index in [-0.39, 0.29) is 0 Å². The SMILES string of the molecule is COC(=O)c1cc(C)c(CNCc2cccc(Cl)c2Cl)cn1. The van der Waals surface area contributed by atoms with Crippen LogP contribution >= 0.6 is 23.2 Å². The molecule has 0 unspecified atom stereocenters. The first-order chi connectivity index (χ1) is 10.5. The first-order valence-corrected chi connectivity index (χ1v) is 7.46. The number of aryl methyl sites for hydroxylation is 1. The normalized spacial score (nSPS) is 10.5. The zero-order valence-corrected chi connectivity index (χ0v) is 13.8. The Hall–Kier alpha value is -1.62. The lowest BCUT2D eigenvalue weighted by Crippen LogP contribution is -2.15. The van der Waals surface area contributed by atoms with Gasteiger partial charge in [-0.05, 0) is 35.7 Å². The van der Waals surface area contributed by atoms with Crippen molar-refractivity contribution in [1.82, 2.24) is 10.3 Å². The molecule has 0 aliphatic carbocycles. The predicted octanol–water partition coefficient (Wildman–Crippen LogP) is 3.77. The van der Waals surface area contributed by atoms with Crippen LogP contribution in [0, 0.1) is 6.92 Å². The summed E-state index contributed by atoms with van der Waals surface area (Å²) in [6.07, 6.45) is 1.67. The number of halogens is 2. The van der Waals surface area contributed by atoms with Gasteiger partial charge in [-0.1, -0.05) is 35.3 Å². The fourth-order valence-corrected chi connectivity index (χ4v) is 2.39. The van der Waals surface area contributed by atoms with Crippen LogP contribution in [0.3, 0.4) is 0 Å². The molecule has 116 valence electrons. The lowest BCUT2D eigenvalue weighted by Gasteiger charge is -2.10. The Morgan fingerprint density at radius 1 is 1.27 bits per heavy atom. The van der Waals surface area contributed by atoms with Crippen molar-refractivity contribution in [1.29, 1.82) is 0 Å². The van der Waals surface area contributed by atoms with Crippen molar-refractivity contribution in [2.75, 3.05) is 7.11 Å². The van der Waals surface area contributed by atoms with E-state index in [9.17, 15) is 4.79 Å². The minimum absolute atomic E-state index is 0.307. The molecule has 22 heavy (non-hydrogen) atoms.